The first-order valence-corrected chi connectivity index (χ1v) is 7.51. The van der Waals surface area contributed by atoms with Crippen molar-refractivity contribution < 1.29 is 18.7 Å². The van der Waals surface area contributed by atoms with Gasteiger partial charge in [-0.05, 0) is 56.2 Å². The SMILES string of the molecule is Cc1cccc(O[C@H](C)C(=O)NNC(=O)/C=C/c2ccco2)c1C. The van der Waals surface area contributed by atoms with Gasteiger partial charge in [-0.15, -0.1) is 0 Å². The van der Waals surface area contributed by atoms with Crippen molar-refractivity contribution >= 4 is 17.9 Å². The van der Waals surface area contributed by atoms with Gasteiger partial charge in [-0.2, -0.15) is 0 Å². The van der Waals surface area contributed by atoms with Crippen molar-refractivity contribution in [3.63, 3.8) is 0 Å². The van der Waals surface area contributed by atoms with Crippen LogP contribution in [0, 0.1) is 13.8 Å². The Bertz CT molecular complexity index is 735. The Morgan fingerprint density at radius 1 is 1.17 bits per heavy atom. The molecule has 0 radical (unpaired) electrons. The summed E-state index contributed by atoms with van der Waals surface area (Å²) in [6.45, 7) is 5.51. The first-order chi connectivity index (χ1) is 11.5. The Morgan fingerprint density at radius 3 is 2.67 bits per heavy atom. The zero-order valence-electron chi connectivity index (χ0n) is 13.8. The summed E-state index contributed by atoms with van der Waals surface area (Å²) in [5, 5.41) is 0. The first-order valence-electron chi connectivity index (χ1n) is 7.51. The Morgan fingerprint density at radius 2 is 1.96 bits per heavy atom. The van der Waals surface area contributed by atoms with Crippen molar-refractivity contribution in [1.82, 2.24) is 10.9 Å². The molecule has 0 saturated heterocycles. The number of aryl methyl sites for hydroxylation is 1. The van der Waals surface area contributed by atoms with Crippen LogP contribution in [0.2, 0.25) is 0 Å². The third-order valence-electron chi connectivity index (χ3n) is 3.48. The molecule has 6 heteroatoms. The molecule has 2 aromatic rings. The van der Waals surface area contributed by atoms with Crippen LogP contribution in [-0.2, 0) is 9.59 Å². The lowest BCUT2D eigenvalue weighted by Gasteiger charge is -2.17. The van der Waals surface area contributed by atoms with Gasteiger partial charge in [0.05, 0.1) is 6.26 Å². The molecule has 6 nitrogen and oxygen atoms in total. The molecule has 2 N–H and O–H groups in total. The molecule has 0 fully saturated rings. The van der Waals surface area contributed by atoms with Gasteiger partial charge in [-0.3, -0.25) is 20.4 Å². The van der Waals surface area contributed by atoms with Gasteiger partial charge in [-0.1, -0.05) is 12.1 Å². The Hall–Kier alpha value is -3.02. The van der Waals surface area contributed by atoms with E-state index in [4.69, 9.17) is 9.15 Å². The molecule has 0 bridgehead atoms. The van der Waals surface area contributed by atoms with Crippen LogP contribution < -0.4 is 15.6 Å². The second-order valence-corrected chi connectivity index (χ2v) is 5.29. The zero-order valence-corrected chi connectivity index (χ0v) is 13.8. The van der Waals surface area contributed by atoms with Crippen LogP contribution in [0.1, 0.15) is 23.8 Å². The Balaban J connectivity index is 1.83. The highest BCUT2D eigenvalue weighted by Gasteiger charge is 2.16. The topological polar surface area (TPSA) is 80.6 Å². The maximum Gasteiger partial charge on any atom is 0.279 e. The summed E-state index contributed by atoms with van der Waals surface area (Å²) in [4.78, 5) is 23.6. The van der Waals surface area contributed by atoms with Crippen LogP contribution in [0.4, 0.5) is 0 Å². The number of carbonyl (C=O) groups excluding carboxylic acids is 2. The molecule has 1 atom stereocenters. The summed E-state index contributed by atoms with van der Waals surface area (Å²) in [6.07, 6.45) is 3.51. The van der Waals surface area contributed by atoms with E-state index in [1.807, 2.05) is 26.0 Å². The lowest BCUT2D eigenvalue weighted by atomic mass is 10.1. The third kappa shape index (κ3) is 4.74. The lowest BCUT2D eigenvalue weighted by molar-refractivity contribution is -0.131. The predicted molar refractivity (Wildman–Crippen MR) is 90.0 cm³/mol. The summed E-state index contributed by atoms with van der Waals surface area (Å²) in [6, 6.07) is 9.06. The van der Waals surface area contributed by atoms with Crippen molar-refractivity contribution in [2.75, 3.05) is 0 Å². The molecule has 1 heterocycles. The molecular formula is C18H20N2O4. The molecule has 2 amide bonds. The number of benzene rings is 1. The molecule has 1 aromatic carbocycles. The number of ether oxygens (including phenoxy) is 1. The minimum atomic E-state index is -0.750. The molecule has 0 spiro atoms. The largest absolute Gasteiger partial charge is 0.481 e. The molecule has 2 rings (SSSR count). The van der Waals surface area contributed by atoms with Gasteiger partial charge in [0.15, 0.2) is 6.10 Å². The first kappa shape index (κ1) is 17.3. The van der Waals surface area contributed by atoms with E-state index in [-0.39, 0.29) is 0 Å². The molecule has 1 aromatic heterocycles. The Labute approximate surface area is 140 Å². The van der Waals surface area contributed by atoms with E-state index in [2.05, 4.69) is 10.9 Å². The number of hydrogen-bond acceptors (Lipinski definition) is 4. The van der Waals surface area contributed by atoms with Gasteiger partial charge in [0.2, 0.25) is 0 Å². The number of furan rings is 1. The van der Waals surface area contributed by atoms with Gasteiger partial charge < -0.3 is 9.15 Å². The van der Waals surface area contributed by atoms with Gasteiger partial charge in [0, 0.05) is 6.08 Å². The molecule has 126 valence electrons. The van der Waals surface area contributed by atoms with E-state index in [0.717, 1.165) is 11.1 Å². The lowest BCUT2D eigenvalue weighted by Crippen LogP contribution is -2.46. The highest BCUT2D eigenvalue weighted by Crippen LogP contribution is 2.21. The summed E-state index contributed by atoms with van der Waals surface area (Å²) in [5.41, 5.74) is 6.67. The summed E-state index contributed by atoms with van der Waals surface area (Å²) in [7, 11) is 0. The minimum Gasteiger partial charge on any atom is -0.481 e. The summed E-state index contributed by atoms with van der Waals surface area (Å²) >= 11 is 0. The summed E-state index contributed by atoms with van der Waals surface area (Å²) < 4.78 is 10.7. The molecule has 24 heavy (non-hydrogen) atoms. The van der Waals surface area contributed by atoms with Crippen molar-refractivity contribution in [2.24, 2.45) is 0 Å². The maximum absolute atomic E-state index is 12.0. The van der Waals surface area contributed by atoms with Crippen molar-refractivity contribution in [2.45, 2.75) is 26.9 Å². The normalized spacial score (nSPS) is 12.0. The predicted octanol–water partition coefficient (Wildman–Crippen LogP) is 2.52. The fraction of sp³-hybridized carbons (Fsp3) is 0.222. The van der Waals surface area contributed by atoms with Crippen LogP contribution in [0.15, 0.2) is 47.1 Å². The van der Waals surface area contributed by atoms with E-state index in [0.29, 0.717) is 11.5 Å². The van der Waals surface area contributed by atoms with Gasteiger partial charge in [0.1, 0.15) is 11.5 Å². The number of amides is 2. The van der Waals surface area contributed by atoms with E-state index in [1.165, 1.54) is 18.4 Å². The van der Waals surface area contributed by atoms with E-state index >= 15 is 0 Å². The molecule has 0 saturated carbocycles. The highest BCUT2D eigenvalue weighted by atomic mass is 16.5. The van der Waals surface area contributed by atoms with E-state index < -0.39 is 17.9 Å². The fourth-order valence-corrected chi connectivity index (χ4v) is 1.91. The van der Waals surface area contributed by atoms with Crippen LogP contribution in [-0.4, -0.2) is 17.9 Å². The average molecular weight is 328 g/mol. The molecule has 0 aliphatic rings. The molecular weight excluding hydrogens is 308 g/mol. The van der Waals surface area contributed by atoms with E-state index in [9.17, 15) is 9.59 Å². The van der Waals surface area contributed by atoms with Crippen LogP contribution in [0.5, 0.6) is 5.75 Å². The van der Waals surface area contributed by atoms with Crippen molar-refractivity contribution in [1.29, 1.82) is 0 Å². The number of hydrogen-bond donors (Lipinski definition) is 2. The minimum absolute atomic E-state index is 0.448. The smallest absolute Gasteiger partial charge is 0.279 e. The van der Waals surface area contributed by atoms with Crippen molar-refractivity contribution in [3.8, 4) is 5.75 Å². The van der Waals surface area contributed by atoms with Gasteiger partial charge in [-0.25, -0.2) is 0 Å². The van der Waals surface area contributed by atoms with E-state index in [1.54, 1.807) is 25.1 Å². The average Bonchev–Trinajstić information content (AvgIpc) is 3.08. The Kier molecular flexibility index (Phi) is 5.78. The van der Waals surface area contributed by atoms with Gasteiger partial charge >= 0.3 is 0 Å². The highest BCUT2D eigenvalue weighted by molar-refractivity contribution is 5.93. The van der Waals surface area contributed by atoms with Crippen LogP contribution in [0.3, 0.4) is 0 Å². The summed E-state index contributed by atoms with van der Waals surface area (Å²) in [5.74, 6) is 0.263. The second-order valence-electron chi connectivity index (χ2n) is 5.29. The number of hydrazine groups is 1. The van der Waals surface area contributed by atoms with Gasteiger partial charge in [0.25, 0.3) is 11.8 Å². The second kappa shape index (κ2) is 8.01. The fourth-order valence-electron chi connectivity index (χ4n) is 1.91. The maximum atomic E-state index is 12.0. The molecule has 0 aliphatic carbocycles. The number of nitrogens with one attached hydrogen (secondary N) is 2. The zero-order chi connectivity index (χ0) is 17.5. The quantitative estimate of drug-likeness (QED) is 0.653. The van der Waals surface area contributed by atoms with Crippen molar-refractivity contribution in [3.05, 3.63) is 59.6 Å². The number of rotatable bonds is 5. The standard InChI is InChI=1S/C18H20N2O4/c1-12-6-4-8-16(13(12)2)24-14(3)18(22)20-19-17(21)10-9-15-7-5-11-23-15/h4-11,14H,1-3H3,(H,19,21)(H,20,22)/b10-9+/t14-/m1/s1. The van der Waals surface area contributed by atoms with Crippen LogP contribution in [0.25, 0.3) is 6.08 Å². The van der Waals surface area contributed by atoms with Crippen LogP contribution >= 0.6 is 0 Å². The third-order valence-corrected chi connectivity index (χ3v) is 3.48. The monoisotopic (exact) mass is 328 g/mol. The molecule has 0 unspecified atom stereocenters. The molecule has 0 aliphatic heterocycles. The number of carbonyl (C=O) groups is 2.